The van der Waals surface area contributed by atoms with E-state index >= 15 is 0 Å². The minimum Gasteiger partial charge on any atom is -0.494 e. The fraction of sp³-hybridized carbons (Fsp3) is 0.222. The average Bonchev–Trinajstić information content (AvgIpc) is 2.85. The summed E-state index contributed by atoms with van der Waals surface area (Å²) in [6.45, 7) is 2.58. The van der Waals surface area contributed by atoms with E-state index in [9.17, 15) is 4.79 Å². The Balaban J connectivity index is 1.89. The van der Waals surface area contributed by atoms with E-state index in [-0.39, 0.29) is 12.3 Å². The van der Waals surface area contributed by atoms with Gasteiger partial charge in [-0.1, -0.05) is 35.1 Å². The molecule has 1 aromatic heterocycles. The lowest BCUT2D eigenvalue weighted by molar-refractivity contribution is -0.117. The van der Waals surface area contributed by atoms with Crippen LogP contribution < -0.4 is 9.54 Å². The van der Waals surface area contributed by atoms with E-state index in [1.807, 2.05) is 48.9 Å². The van der Waals surface area contributed by atoms with Crippen molar-refractivity contribution in [2.75, 3.05) is 6.61 Å². The molecule has 3 rings (SSSR count). The van der Waals surface area contributed by atoms with Crippen LogP contribution in [0.15, 0.2) is 47.5 Å². The van der Waals surface area contributed by atoms with Gasteiger partial charge in [-0.15, -0.1) is 0 Å². The molecule has 0 aliphatic rings. The number of halogens is 1. The molecule has 0 N–H and O–H groups in total. The van der Waals surface area contributed by atoms with E-state index in [1.54, 1.807) is 12.1 Å². The maximum Gasteiger partial charge on any atom is 0.252 e. The highest BCUT2D eigenvalue weighted by atomic mass is 35.5. The molecular weight excluding hydrogens is 344 g/mol. The molecule has 1 heterocycles. The van der Waals surface area contributed by atoms with Crippen LogP contribution in [0.1, 0.15) is 12.5 Å². The largest absolute Gasteiger partial charge is 0.494 e. The Morgan fingerprint density at radius 2 is 2.00 bits per heavy atom. The van der Waals surface area contributed by atoms with Crippen LogP contribution in [0.5, 0.6) is 5.75 Å². The first-order valence-corrected chi connectivity index (χ1v) is 8.80. The molecule has 0 unspecified atom stereocenters. The number of aryl methyl sites for hydroxylation is 1. The number of benzene rings is 2. The molecule has 124 valence electrons. The molecule has 3 aromatic rings. The van der Waals surface area contributed by atoms with E-state index in [0.717, 1.165) is 21.5 Å². The zero-order valence-corrected chi connectivity index (χ0v) is 15.0. The van der Waals surface area contributed by atoms with Gasteiger partial charge in [0.2, 0.25) is 0 Å². The summed E-state index contributed by atoms with van der Waals surface area (Å²) in [5, 5.41) is 0.657. The fourth-order valence-electron chi connectivity index (χ4n) is 2.40. The van der Waals surface area contributed by atoms with E-state index in [4.69, 9.17) is 16.3 Å². The third-order valence-corrected chi connectivity index (χ3v) is 4.93. The van der Waals surface area contributed by atoms with Gasteiger partial charge in [-0.2, -0.15) is 4.99 Å². The van der Waals surface area contributed by atoms with Crippen molar-refractivity contribution in [2.24, 2.45) is 12.0 Å². The first-order valence-electron chi connectivity index (χ1n) is 7.61. The number of nitrogens with zero attached hydrogens (tertiary/aromatic N) is 2. The predicted molar refractivity (Wildman–Crippen MR) is 97.7 cm³/mol. The van der Waals surface area contributed by atoms with Gasteiger partial charge in [0.05, 0.1) is 23.2 Å². The minimum absolute atomic E-state index is 0.176. The standard InChI is InChI=1S/C18H17ClN2O2S/c1-3-23-14-8-9-15-16(11-14)24-18(21(15)2)20-17(22)10-12-4-6-13(19)7-5-12/h4-9,11H,3,10H2,1-2H3. The molecule has 0 fully saturated rings. The van der Waals surface area contributed by atoms with Crippen molar-refractivity contribution in [1.82, 2.24) is 4.57 Å². The van der Waals surface area contributed by atoms with Crippen LogP contribution in [0.4, 0.5) is 0 Å². The molecule has 24 heavy (non-hydrogen) atoms. The Morgan fingerprint density at radius 3 is 2.71 bits per heavy atom. The van der Waals surface area contributed by atoms with Gasteiger partial charge in [0, 0.05) is 12.1 Å². The lowest BCUT2D eigenvalue weighted by atomic mass is 10.1. The third kappa shape index (κ3) is 3.68. The SMILES string of the molecule is CCOc1ccc2c(c1)sc(=NC(=O)Cc1ccc(Cl)cc1)n2C. The van der Waals surface area contributed by atoms with Crippen molar-refractivity contribution < 1.29 is 9.53 Å². The number of hydrogen-bond acceptors (Lipinski definition) is 3. The summed E-state index contributed by atoms with van der Waals surface area (Å²) in [4.78, 5) is 17.2. The zero-order chi connectivity index (χ0) is 17.1. The molecule has 0 saturated carbocycles. The Labute approximate surface area is 149 Å². The zero-order valence-electron chi connectivity index (χ0n) is 13.5. The normalized spacial score (nSPS) is 11.9. The van der Waals surface area contributed by atoms with Gasteiger partial charge in [0.25, 0.3) is 5.91 Å². The quantitative estimate of drug-likeness (QED) is 0.706. The van der Waals surface area contributed by atoms with E-state index in [1.165, 1.54) is 11.3 Å². The topological polar surface area (TPSA) is 43.6 Å². The van der Waals surface area contributed by atoms with Crippen molar-refractivity contribution >= 4 is 39.1 Å². The van der Waals surface area contributed by atoms with E-state index in [0.29, 0.717) is 16.4 Å². The maximum atomic E-state index is 12.2. The average molecular weight is 361 g/mol. The molecule has 4 nitrogen and oxygen atoms in total. The second kappa shape index (κ2) is 7.20. The molecule has 1 amide bonds. The van der Waals surface area contributed by atoms with E-state index < -0.39 is 0 Å². The number of aromatic nitrogens is 1. The van der Waals surface area contributed by atoms with Crippen molar-refractivity contribution in [3.05, 3.63) is 57.9 Å². The molecule has 0 spiro atoms. The summed E-state index contributed by atoms with van der Waals surface area (Å²) in [6, 6.07) is 13.1. The Morgan fingerprint density at radius 1 is 1.25 bits per heavy atom. The Hall–Kier alpha value is -2.11. The molecule has 0 bridgehead atoms. The predicted octanol–water partition coefficient (Wildman–Crippen LogP) is 3.96. The second-order valence-corrected chi connectivity index (χ2v) is 6.76. The summed E-state index contributed by atoms with van der Waals surface area (Å²) < 4.78 is 8.49. The third-order valence-electron chi connectivity index (χ3n) is 3.58. The van der Waals surface area contributed by atoms with Gasteiger partial charge >= 0.3 is 0 Å². The molecule has 0 radical (unpaired) electrons. The molecule has 0 saturated heterocycles. The number of fused-ring (bicyclic) bond motifs is 1. The summed E-state index contributed by atoms with van der Waals surface area (Å²) in [5.41, 5.74) is 1.93. The second-order valence-electron chi connectivity index (χ2n) is 5.31. The highest BCUT2D eigenvalue weighted by Gasteiger charge is 2.07. The Bertz CT molecular complexity index is 942. The number of ether oxygens (including phenoxy) is 1. The molecule has 2 aromatic carbocycles. The maximum absolute atomic E-state index is 12.2. The summed E-state index contributed by atoms with van der Waals surface area (Å²) in [6.07, 6.45) is 0.260. The first-order chi connectivity index (χ1) is 11.6. The minimum atomic E-state index is -0.176. The number of carbonyl (C=O) groups is 1. The van der Waals surface area contributed by atoms with Crippen LogP contribution in [0.25, 0.3) is 10.2 Å². The van der Waals surface area contributed by atoms with Gasteiger partial charge in [0.1, 0.15) is 5.75 Å². The number of hydrogen-bond donors (Lipinski definition) is 0. The highest BCUT2D eigenvalue weighted by Crippen LogP contribution is 2.22. The van der Waals surface area contributed by atoms with Gasteiger partial charge < -0.3 is 9.30 Å². The molecule has 0 atom stereocenters. The lowest BCUT2D eigenvalue weighted by Crippen LogP contribution is -2.14. The smallest absolute Gasteiger partial charge is 0.252 e. The molecule has 0 aliphatic heterocycles. The molecule has 0 aliphatic carbocycles. The number of rotatable bonds is 4. The van der Waals surface area contributed by atoms with Crippen molar-refractivity contribution in [2.45, 2.75) is 13.3 Å². The number of amides is 1. The summed E-state index contributed by atoms with van der Waals surface area (Å²) in [7, 11) is 1.91. The van der Waals surface area contributed by atoms with Crippen molar-refractivity contribution in [3.63, 3.8) is 0 Å². The Kier molecular flexibility index (Phi) is 5.02. The van der Waals surface area contributed by atoms with Gasteiger partial charge in [-0.05, 0) is 42.8 Å². The van der Waals surface area contributed by atoms with Gasteiger partial charge in [0.15, 0.2) is 4.80 Å². The summed E-state index contributed by atoms with van der Waals surface area (Å²) in [5.74, 6) is 0.649. The first kappa shape index (κ1) is 16.7. The van der Waals surface area contributed by atoms with Crippen molar-refractivity contribution in [3.8, 4) is 5.75 Å². The van der Waals surface area contributed by atoms with Crippen molar-refractivity contribution in [1.29, 1.82) is 0 Å². The molecule has 6 heteroatoms. The van der Waals surface area contributed by atoms with Crippen LogP contribution >= 0.6 is 22.9 Å². The van der Waals surface area contributed by atoms with Gasteiger partial charge in [-0.3, -0.25) is 4.79 Å². The van der Waals surface area contributed by atoms with E-state index in [2.05, 4.69) is 4.99 Å². The van der Waals surface area contributed by atoms with Gasteiger partial charge in [-0.25, -0.2) is 0 Å². The number of thiazole rings is 1. The van der Waals surface area contributed by atoms with Crippen LogP contribution in [-0.2, 0) is 18.3 Å². The number of carbonyl (C=O) groups excluding carboxylic acids is 1. The summed E-state index contributed by atoms with van der Waals surface area (Å²) >= 11 is 7.34. The van der Waals surface area contributed by atoms with Crippen LogP contribution in [0.3, 0.4) is 0 Å². The van der Waals surface area contributed by atoms with Crippen LogP contribution in [0.2, 0.25) is 5.02 Å². The van der Waals surface area contributed by atoms with Crippen LogP contribution in [0, 0.1) is 0 Å². The highest BCUT2D eigenvalue weighted by molar-refractivity contribution is 7.16. The lowest BCUT2D eigenvalue weighted by Gasteiger charge is -2.02. The molecular formula is C18H17ClN2O2S. The monoisotopic (exact) mass is 360 g/mol. The fourth-order valence-corrected chi connectivity index (χ4v) is 3.59. The van der Waals surface area contributed by atoms with Crippen LogP contribution in [-0.4, -0.2) is 17.1 Å².